The van der Waals surface area contributed by atoms with Crippen LogP contribution >= 0.6 is 0 Å². The second kappa shape index (κ2) is 7.45. The number of esters is 1. The molecule has 0 aliphatic rings. The van der Waals surface area contributed by atoms with Crippen molar-refractivity contribution in [2.75, 3.05) is 0 Å². The van der Waals surface area contributed by atoms with Gasteiger partial charge in [-0.3, -0.25) is 9.59 Å². The van der Waals surface area contributed by atoms with Gasteiger partial charge in [-0.2, -0.15) is 0 Å². The zero-order valence-electron chi connectivity index (χ0n) is 9.47. The van der Waals surface area contributed by atoms with E-state index in [9.17, 15) is 9.59 Å². The molecular formula is C10H11NaO4. The zero-order valence-corrected chi connectivity index (χ0v) is 10.5. The van der Waals surface area contributed by atoms with E-state index in [1.165, 1.54) is 0 Å². The van der Waals surface area contributed by atoms with Gasteiger partial charge in [-0.15, -0.1) is 0 Å². The van der Waals surface area contributed by atoms with Crippen molar-refractivity contribution >= 4 is 11.9 Å². The number of benzene rings is 1. The molecule has 0 aromatic heterocycles. The van der Waals surface area contributed by atoms with Crippen LogP contribution in [0.5, 0.6) is 0 Å². The number of carboxylic acid groups (broad SMARTS) is 1. The molecule has 1 aromatic carbocycles. The van der Waals surface area contributed by atoms with Crippen molar-refractivity contribution in [3.05, 3.63) is 35.9 Å². The summed E-state index contributed by atoms with van der Waals surface area (Å²) in [4.78, 5) is 20.9. The third kappa shape index (κ3) is 6.28. The molecule has 1 N–H and O–H groups in total. The van der Waals surface area contributed by atoms with Crippen molar-refractivity contribution in [1.29, 1.82) is 0 Å². The van der Waals surface area contributed by atoms with Crippen LogP contribution in [0.3, 0.4) is 0 Å². The molecule has 0 saturated heterocycles. The van der Waals surface area contributed by atoms with E-state index in [1.807, 2.05) is 18.2 Å². The van der Waals surface area contributed by atoms with E-state index >= 15 is 0 Å². The summed E-state index contributed by atoms with van der Waals surface area (Å²) in [6.07, 6.45) is -0.590. The minimum atomic E-state index is -1.18. The van der Waals surface area contributed by atoms with Crippen LogP contribution in [0.15, 0.2) is 30.3 Å². The smallest absolute Gasteiger partial charge is 1.00 e. The Balaban J connectivity index is 0. The van der Waals surface area contributed by atoms with Gasteiger partial charge in [-0.1, -0.05) is 30.3 Å². The standard InChI is InChI=1S/C10H10O4.Na.H/c11-9(12)6-10(13)14-7-8-4-2-1-3-5-8;;/h1-5H,6-7H2,(H,11,12);;/q;+1;-1. The second-order valence-corrected chi connectivity index (χ2v) is 2.72. The van der Waals surface area contributed by atoms with Crippen LogP contribution in [0.1, 0.15) is 13.4 Å². The number of carbonyl (C=O) groups excluding carboxylic acids is 1. The van der Waals surface area contributed by atoms with E-state index in [0.29, 0.717) is 0 Å². The van der Waals surface area contributed by atoms with Gasteiger partial charge < -0.3 is 11.3 Å². The number of carboxylic acids is 1. The normalized spacial score (nSPS) is 8.80. The molecule has 0 unspecified atom stereocenters. The Morgan fingerprint density at radius 1 is 1.27 bits per heavy atom. The Bertz CT molecular complexity index is 329. The minimum absolute atomic E-state index is 0. The molecule has 0 amide bonds. The summed E-state index contributed by atoms with van der Waals surface area (Å²) >= 11 is 0. The molecule has 0 fully saturated rings. The number of aliphatic carboxylic acids is 1. The minimum Gasteiger partial charge on any atom is -1.00 e. The number of hydrogen-bond acceptors (Lipinski definition) is 3. The molecule has 0 aliphatic heterocycles. The SMILES string of the molecule is O=C(O)CC(=O)OCc1ccccc1.[H-].[Na+]. The summed E-state index contributed by atoms with van der Waals surface area (Å²) in [5, 5.41) is 8.28. The Hall–Kier alpha value is -0.840. The second-order valence-electron chi connectivity index (χ2n) is 2.72. The van der Waals surface area contributed by atoms with Gasteiger partial charge in [0.2, 0.25) is 0 Å². The Labute approximate surface area is 111 Å². The van der Waals surface area contributed by atoms with E-state index in [1.54, 1.807) is 12.1 Å². The molecular weight excluding hydrogens is 207 g/mol. The molecule has 1 aromatic rings. The molecule has 1 rings (SSSR count). The monoisotopic (exact) mass is 218 g/mol. The number of rotatable bonds is 4. The summed E-state index contributed by atoms with van der Waals surface area (Å²) in [5.41, 5.74) is 0.839. The first-order valence-electron chi connectivity index (χ1n) is 4.10. The van der Waals surface area contributed by atoms with Crippen LogP contribution in [-0.2, 0) is 20.9 Å². The first-order chi connectivity index (χ1) is 6.68. The van der Waals surface area contributed by atoms with Crippen LogP contribution in [0.2, 0.25) is 0 Å². The summed E-state index contributed by atoms with van der Waals surface area (Å²) < 4.78 is 4.72. The topological polar surface area (TPSA) is 63.6 Å². The van der Waals surface area contributed by atoms with E-state index in [4.69, 9.17) is 9.84 Å². The maximum Gasteiger partial charge on any atom is 1.00 e. The fraction of sp³-hybridized carbons (Fsp3) is 0.200. The number of carbonyl (C=O) groups is 2. The Kier molecular flexibility index (Phi) is 7.03. The fourth-order valence-corrected chi connectivity index (χ4v) is 0.913. The molecule has 15 heavy (non-hydrogen) atoms. The van der Waals surface area contributed by atoms with Crippen LogP contribution in [0, 0.1) is 0 Å². The third-order valence-electron chi connectivity index (χ3n) is 1.54. The van der Waals surface area contributed by atoms with E-state index in [2.05, 4.69) is 0 Å². The van der Waals surface area contributed by atoms with Gasteiger partial charge >= 0.3 is 41.5 Å². The van der Waals surface area contributed by atoms with Crippen LogP contribution < -0.4 is 29.6 Å². The zero-order chi connectivity index (χ0) is 10.4. The van der Waals surface area contributed by atoms with Crippen molar-refractivity contribution in [2.24, 2.45) is 0 Å². The largest absolute Gasteiger partial charge is 1.00 e. The first kappa shape index (κ1) is 14.2. The molecule has 0 heterocycles. The van der Waals surface area contributed by atoms with Crippen molar-refractivity contribution in [3.8, 4) is 0 Å². The third-order valence-corrected chi connectivity index (χ3v) is 1.54. The summed E-state index contributed by atoms with van der Waals surface area (Å²) in [6.45, 7) is 0.118. The van der Waals surface area contributed by atoms with Crippen LogP contribution in [0.4, 0.5) is 0 Å². The Morgan fingerprint density at radius 3 is 2.40 bits per heavy atom. The molecule has 4 nitrogen and oxygen atoms in total. The van der Waals surface area contributed by atoms with E-state index < -0.39 is 18.4 Å². The molecule has 0 spiro atoms. The Morgan fingerprint density at radius 2 is 1.87 bits per heavy atom. The van der Waals surface area contributed by atoms with Crippen LogP contribution in [-0.4, -0.2) is 17.0 Å². The quantitative estimate of drug-likeness (QED) is 0.372. The maximum absolute atomic E-state index is 10.8. The molecule has 0 saturated carbocycles. The van der Waals surface area contributed by atoms with E-state index in [-0.39, 0.29) is 37.6 Å². The molecule has 5 heteroatoms. The average molecular weight is 218 g/mol. The van der Waals surface area contributed by atoms with Gasteiger partial charge in [0.1, 0.15) is 13.0 Å². The van der Waals surface area contributed by atoms with Gasteiger partial charge in [0, 0.05) is 0 Å². The summed E-state index contributed by atoms with van der Waals surface area (Å²) in [7, 11) is 0. The first-order valence-corrected chi connectivity index (χ1v) is 4.10. The predicted octanol–water partition coefficient (Wildman–Crippen LogP) is -1.68. The maximum atomic E-state index is 10.8. The fourth-order valence-electron chi connectivity index (χ4n) is 0.913. The average Bonchev–Trinajstić information content (AvgIpc) is 2.15. The van der Waals surface area contributed by atoms with Gasteiger partial charge in [0.15, 0.2) is 0 Å². The van der Waals surface area contributed by atoms with Crippen molar-refractivity contribution in [2.45, 2.75) is 13.0 Å². The van der Waals surface area contributed by atoms with Gasteiger partial charge in [-0.25, -0.2) is 0 Å². The molecule has 76 valence electrons. The van der Waals surface area contributed by atoms with E-state index in [0.717, 1.165) is 5.56 Å². The van der Waals surface area contributed by atoms with Gasteiger partial charge in [0.05, 0.1) is 0 Å². The van der Waals surface area contributed by atoms with Crippen molar-refractivity contribution in [1.82, 2.24) is 0 Å². The van der Waals surface area contributed by atoms with Crippen LogP contribution in [0.25, 0.3) is 0 Å². The van der Waals surface area contributed by atoms with Gasteiger partial charge in [0.25, 0.3) is 0 Å². The predicted molar refractivity (Wildman–Crippen MR) is 49.6 cm³/mol. The van der Waals surface area contributed by atoms with Gasteiger partial charge in [-0.05, 0) is 5.56 Å². The number of ether oxygens (including phenoxy) is 1. The summed E-state index contributed by atoms with van der Waals surface area (Å²) in [6, 6.07) is 9.09. The molecule has 0 aliphatic carbocycles. The number of hydrogen-bond donors (Lipinski definition) is 1. The summed E-state index contributed by atoms with van der Waals surface area (Å²) in [5.74, 6) is -1.90. The van der Waals surface area contributed by atoms with Crippen molar-refractivity contribution in [3.63, 3.8) is 0 Å². The molecule has 0 bridgehead atoms. The van der Waals surface area contributed by atoms with Crippen molar-refractivity contribution < 1.29 is 50.4 Å². The molecule has 0 radical (unpaired) electrons. The molecule has 0 atom stereocenters.